The fourth-order valence-corrected chi connectivity index (χ4v) is 1.86. The lowest BCUT2D eigenvalue weighted by molar-refractivity contribution is 0.585. The van der Waals surface area contributed by atoms with Crippen LogP contribution in [0.5, 0.6) is 0 Å². The molecule has 2 heterocycles. The van der Waals surface area contributed by atoms with Gasteiger partial charge in [0.25, 0.3) is 0 Å². The molecule has 4 nitrogen and oxygen atoms in total. The van der Waals surface area contributed by atoms with Gasteiger partial charge in [-0.05, 0) is 23.7 Å². The van der Waals surface area contributed by atoms with Crippen molar-refractivity contribution < 1.29 is 8.78 Å². The number of aromatic amines is 1. The summed E-state index contributed by atoms with van der Waals surface area (Å²) in [4.78, 5) is 7.87. The molecule has 0 radical (unpaired) electrons. The Morgan fingerprint density at radius 1 is 1.17 bits per heavy atom. The van der Waals surface area contributed by atoms with Crippen molar-refractivity contribution in [3.05, 3.63) is 41.3 Å². The van der Waals surface area contributed by atoms with Crippen molar-refractivity contribution >= 4 is 22.6 Å². The molecule has 2 aromatic heterocycles. The highest BCUT2D eigenvalue weighted by molar-refractivity contribution is 6.28. The zero-order valence-corrected chi connectivity index (χ0v) is 9.54. The Balaban J connectivity index is 2.33. The van der Waals surface area contributed by atoms with Crippen LogP contribution in [0, 0.1) is 11.6 Å². The van der Waals surface area contributed by atoms with Gasteiger partial charge in [0.05, 0.1) is 17.3 Å². The first-order valence-electron chi connectivity index (χ1n) is 4.97. The van der Waals surface area contributed by atoms with Gasteiger partial charge in [0.1, 0.15) is 11.6 Å². The maximum absolute atomic E-state index is 13.7. The molecular formula is C11H5ClF2N4. The third kappa shape index (κ3) is 1.70. The first kappa shape index (κ1) is 11.0. The van der Waals surface area contributed by atoms with Crippen molar-refractivity contribution in [3.8, 4) is 11.3 Å². The highest BCUT2D eigenvalue weighted by Crippen LogP contribution is 2.28. The quantitative estimate of drug-likeness (QED) is 0.689. The molecule has 0 aliphatic carbocycles. The fourth-order valence-electron chi connectivity index (χ4n) is 1.69. The van der Waals surface area contributed by atoms with E-state index < -0.39 is 11.6 Å². The molecule has 1 aromatic carbocycles. The Labute approximate surface area is 105 Å². The van der Waals surface area contributed by atoms with Gasteiger partial charge < -0.3 is 0 Å². The van der Waals surface area contributed by atoms with Crippen LogP contribution in [0.25, 0.3) is 22.3 Å². The van der Waals surface area contributed by atoms with Crippen LogP contribution >= 0.6 is 11.6 Å². The lowest BCUT2D eigenvalue weighted by atomic mass is 10.1. The number of halogens is 3. The van der Waals surface area contributed by atoms with Gasteiger partial charge in [-0.15, -0.1) is 0 Å². The van der Waals surface area contributed by atoms with E-state index in [4.69, 9.17) is 11.6 Å². The van der Waals surface area contributed by atoms with E-state index in [1.54, 1.807) is 0 Å². The minimum atomic E-state index is -0.715. The van der Waals surface area contributed by atoms with E-state index in [-0.39, 0.29) is 16.5 Å². The van der Waals surface area contributed by atoms with Gasteiger partial charge in [0.15, 0.2) is 5.65 Å². The number of nitrogens with one attached hydrogen (secondary N) is 1. The molecule has 18 heavy (non-hydrogen) atoms. The molecule has 0 saturated heterocycles. The van der Waals surface area contributed by atoms with E-state index in [1.807, 2.05) is 0 Å². The topological polar surface area (TPSA) is 54.5 Å². The average molecular weight is 267 g/mol. The van der Waals surface area contributed by atoms with Crippen LogP contribution < -0.4 is 0 Å². The Kier molecular flexibility index (Phi) is 2.45. The number of hydrogen-bond donors (Lipinski definition) is 1. The Morgan fingerprint density at radius 3 is 2.78 bits per heavy atom. The maximum Gasteiger partial charge on any atom is 0.224 e. The number of hydrogen-bond acceptors (Lipinski definition) is 3. The van der Waals surface area contributed by atoms with E-state index in [0.717, 1.165) is 12.1 Å². The molecule has 0 atom stereocenters. The van der Waals surface area contributed by atoms with Crippen molar-refractivity contribution in [3.63, 3.8) is 0 Å². The van der Waals surface area contributed by atoms with Crippen LogP contribution in [0.3, 0.4) is 0 Å². The summed E-state index contributed by atoms with van der Waals surface area (Å²) < 4.78 is 26.6. The van der Waals surface area contributed by atoms with E-state index in [0.29, 0.717) is 11.0 Å². The summed E-state index contributed by atoms with van der Waals surface area (Å²) >= 11 is 5.75. The van der Waals surface area contributed by atoms with Crippen molar-refractivity contribution in [1.82, 2.24) is 20.2 Å². The van der Waals surface area contributed by atoms with Gasteiger partial charge in [-0.25, -0.2) is 13.8 Å². The van der Waals surface area contributed by atoms with Crippen molar-refractivity contribution in [2.45, 2.75) is 0 Å². The summed E-state index contributed by atoms with van der Waals surface area (Å²) in [6.07, 6.45) is 1.46. The third-order valence-electron chi connectivity index (χ3n) is 2.47. The minimum Gasteiger partial charge on any atom is -0.261 e. The minimum absolute atomic E-state index is 0.0366. The lowest BCUT2D eigenvalue weighted by Crippen LogP contribution is -1.93. The molecule has 0 spiro atoms. The summed E-state index contributed by atoms with van der Waals surface area (Å²) in [6, 6.07) is 3.24. The number of nitrogens with zero attached hydrogens (tertiary/aromatic N) is 3. The summed E-state index contributed by atoms with van der Waals surface area (Å²) in [6.45, 7) is 0. The van der Waals surface area contributed by atoms with Crippen molar-refractivity contribution in [2.75, 3.05) is 0 Å². The molecule has 1 N–H and O–H groups in total. The van der Waals surface area contributed by atoms with Crippen LogP contribution in [0.2, 0.25) is 5.28 Å². The summed E-state index contributed by atoms with van der Waals surface area (Å²) in [7, 11) is 0. The second-order valence-corrected chi connectivity index (χ2v) is 3.94. The van der Waals surface area contributed by atoms with Gasteiger partial charge >= 0.3 is 0 Å². The van der Waals surface area contributed by atoms with E-state index in [9.17, 15) is 8.78 Å². The molecular weight excluding hydrogens is 262 g/mol. The molecule has 0 amide bonds. The Hall–Kier alpha value is -2.08. The molecule has 3 aromatic rings. The molecule has 0 aliphatic rings. The van der Waals surface area contributed by atoms with Crippen LogP contribution in [0.1, 0.15) is 0 Å². The van der Waals surface area contributed by atoms with E-state index in [2.05, 4.69) is 20.2 Å². The van der Waals surface area contributed by atoms with Gasteiger partial charge in [-0.2, -0.15) is 10.1 Å². The highest BCUT2D eigenvalue weighted by atomic mass is 35.5. The van der Waals surface area contributed by atoms with Gasteiger partial charge in [-0.3, -0.25) is 5.10 Å². The van der Waals surface area contributed by atoms with E-state index >= 15 is 0 Å². The summed E-state index contributed by atoms with van der Waals surface area (Å²) in [5.41, 5.74) is 0.817. The molecule has 0 unspecified atom stereocenters. The van der Waals surface area contributed by atoms with Crippen LogP contribution in [0.15, 0.2) is 24.4 Å². The van der Waals surface area contributed by atoms with Gasteiger partial charge in [-0.1, -0.05) is 0 Å². The number of aromatic nitrogens is 4. The third-order valence-corrected chi connectivity index (χ3v) is 2.64. The second kappa shape index (κ2) is 3.99. The number of benzene rings is 1. The normalized spacial score (nSPS) is 11.1. The molecule has 90 valence electrons. The maximum atomic E-state index is 13.7. The van der Waals surface area contributed by atoms with Gasteiger partial charge in [0.2, 0.25) is 5.28 Å². The highest BCUT2D eigenvalue weighted by Gasteiger charge is 2.14. The number of rotatable bonds is 1. The number of H-pyrrole nitrogens is 1. The first-order valence-corrected chi connectivity index (χ1v) is 5.35. The summed E-state index contributed by atoms with van der Waals surface area (Å²) in [5.74, 6) is -1.37. The van der Waals surface area contributed by atoms with Crippen molar-refractivity contribution in [1.29, 1.82) is 0 Å². The van der Waals surface area contributed by atoms with Crippen molar-refractivity contribution in [2.24, 2.45) is 0 Å². The summed E-state index contributed by atoms with van der Waals surface area (Å²) in [5, 5.41) is 6.89. The SMILES string of the molecule is Fc1ccc(-c2nc(Cl)nc3[nH]ncc23)c(F)c1. The standard InChI is InChI=1S/C11H5ClF2N4/c12-11-16-9(7-4-15-18-10(7)17-11)6-2-1-5(13)3-8(6)14/h1-4H,(H,15,16,17,18). The molecule has 0 saturated carbocycles. The lowest BCUT2D eigenvalue weighted by Gasteiger charge is -2.04. The monoisotopic (exact) mass is 266 g/mol. The van der Waals surface area contributed by atoms with Crippen LogP contribution in [0.4, 0.5) is 8.78 Å². The predicted octanol–water partition coefficient (Wildman–Crippen LogP) is 2.95. The average Bonchev–Trinajstić information content (AvgIpc) is 2.76. The van der Waals surface area contributed by atoms with E-state index in [1.165, 1.54) is 12.3 Å². The Morgan fingerprint density at radius 2 is 2.00 bits per heavy atom. The van der Waals surface area contributed by atoms with Crippen LogP contribution in [-0.2, 0) is 0 Å². The van der Waals surface area contributed by atoms with Gasteiger partial charge in [0, 0.05) is 11.6 Å². The fraction of sp³-hybridized carbons (Fsp3) is 0. The largest absolute Gasteiger partial charge is 0.261 e. The zero-order chi connectivity index (χ0) is 12.7. The van der Waals surface area contributed by atoms with Crippen LogP contribution in [-0.4, -0.2) is 20.2 Å². The molecule has 0 fully saturated rings. The first-order chi connectivity index (χ1) is 8.65. The molecule has 0 bridgehead atoms. The predicted molar refractivity (Wildman–Crippen MR) is 62.0 cm³/mol. The zero-order valence-electron chi connectivity index (χ0n) is 8.78. The Bertz CT molecular complexity index is 741. The smallest absolute Gasteiger partial charge is 0.224 e. The number of fused-ring (bicyclic) bond motifs is 1. The second-order valence-electron chi connectivity index (χ2n) is 3.60. The molecule has 0 aliphatic heterocycles. The molecule has 3 rings (SSSR count). The molecule has 7 heteroatoms.